The molecular formula is C7H11BO3. The summed E-state index contributed by atoms with van der Waals surface area (Å²) in [6, 6.07) is 0. The summed E-state index contributed by atoms with van der Waals surface area (Å²) in [5.74, 6) is -0.269. The van der Waals surface area contributed by atoms with Gasteiger partial charge in [0.15, 0.2) is 0 Å². The van der Waals surface area contributed by atoms with Gasteiger partial charge in [-0.1, -0.05) is 5.57 Å². The molecule has 0 fully saturated rings. The van der Waals surface area contributed by atoms with Crippen LogP contribution in [-0.4, -0.2) is 23.5 Å². The minimum absolute atomic E-state index is 0.269. The summed E-state index contributed by atoms with van der Waals surface area (Å²) in [5.41, 5.74) is 1.44. The van der Waals surface area contributed by atoms with Crippen molar-refractivity contribution in [2.75, 3.05) is 0 Å². The van der Waals surface area contributed by atoms with Crippen molar-refractivity contribution >= 4 is 13.4 Å². The fourth-order valence-electron chi connectivity index (χ4n) is 1.54. The minimum atomic E-state index is -1.45. The molecule has 11 heavy (non-hydrogen) atoms. The summed E-state index contributed by atoms with van der Waals surface area (Å²) in [6.45, 7) is 1.83. The summed E-state index contributed by atoms with van der Waals surface area (Å²) in [7, 11) is -1.45. The van der Waals surface area contributed by atoms with E-state index in [-0.39, 0.29) is 5.92 Å². The fourth-order valence-corrected chi connectivity index (χ4v) is 1.54. The maximum absolute atomic E-state index is 10.4. The van der Waals surface area contributed by atoms with Crippen molar-refractivity contribution in [3.8, 4) is 0 Å². The molecular weight excluding hydrogens is 143 g/mol. The highest BCUT2D eigenvalue weighted by Crippen LogP contribution is 2.30. The van der Waals surface area contributed by atoms with Gasteiger partial charge in [0.2, 0.25) is 0 Å². The molecule has 4 heteroatoms. The van der Waals surface area contributed by atoms with Crippen molar-refractivity contribution in [2.24, 2.45) is 5.92 Å². The third-order valence-electron chi connectivity index (χ3n) is 2.17. The van der Waals surface area contributed by atoms with E-state index in [1.54, 1.807) is 0 Å². The highest BCUT2D eigenvalue weighted by Gasteiger charge is 2.30. The molecule has 1 aliphatic carbocycles. The molecule has 1 atom stereocenters. The van der Waals surface area contributed by atoms with E-state index in [0.717, 1.165) is 24.7 Å². The van der Waals surface area contributed by atoms with Gasteiger partial charge in [-0.25, -0.2) is 0 Å². The molecule has 0 radical (unpaired) electrons. The molecule has 0 aromatic heterocycles. The maximum atomic E-state index is 10.4. The van der Waals surface area contributed by atoms with Crippen LogP contribution in [0.4, 0.5) is 0 Å². The normalized spacial score (nSPS) is 24.1. The topological polar surface area (TPSA) is 57.5 Å². The smallest absolute Gasteiger partial charge is 0.423 e. The van der Waals surface area contributed by atoms with Crippen LogP contribution in [0.2, 0.25) is 0 Å². The van der Waals surface area contributed by atoms with Crippen LogP contribution >= 0.6 is 0 Å². The number of allylic oxidation sites excluding steroid dienone is 2. The third-order valence-corrected chi connectivity index (χ3v) is 2.17. The highest BCUT2D eigenvalue weighted by atomic mass is 16.4. The van der Waals surface area contributed by atoms with Gasteiger partial charge in [0, 0.05) is 5.92 Å². The van der Waals surface area contributed by atoms with Crippen LogP contribution in [0, 0.1) is 5.92 Å². The molecule has 0 bridgehead atoms. The first-order chi connectivity index (χ1) is 5.16. The van der Waals surface area contributed by atoms with Crippen molar-refractivity contribution in [1.82, 2.24) is 0 Å². The molecule has 0 saturated carbocycles. The van der Waals surface area contributed by atoms with Crippen LogP contribution in [0.5, 0.6) is 0 Å². The standard InChI is InChI=1S/C7H11BO3/c1-5-2-3-6(4-9)7(5)8(10)11/h4,6,10-11H,2-3H2,1H3. The molecule has 1 unspecified atom stereocenters. The molecule has 2 N–H and O–H groups in total. The lowest BCUT2D eigenvalue weighted by Gasteiger charge is -2.06. The van der Waals surface area contributed by atoms with Crippen molar-refractivity contribution in [3.63, 3.8) is 0 Å². The van der Waals surface area contributed by atoms with E-state index in [9.17, 15) is 4.79 Å². The lowest BCUT2D eigenvalue weighted by atomic mass is 9.72. The summed E-state index contributed by atoms with van der Waals surface area (Å²) < 4.78 is 0. The second-order valence-electron chi connectivity index (χ2n) is 2.89. The van der Waals surface area contributed by atoms with Crippen molar-refractivity contribution in [3.05, 3.63) is 11.0 Å². The van der Waals surface area contributed by atoms with Gasteiger partial charge in [-0.05, 0) is 25.2 Å². The summed E-state index contributed by atoms with van der Waals surface area (Å²) in [4.78, 5) is 10.4. The van der Waals surface area contributed by atoms with E-state index in [2.05, 4.69) is 0 Å². The molecule has 3 nitrogen and oxygen atoms in total. The van der Waals surface area contributed by atoms with Crippen LogP contribution in [0.1, 0.15) is 19.8 Å². The maximum Gasteiger partial charge on any atom is 0.484 e. The van der Waals surface area contributed by atoms with E-state index in [1.165, 1.54) is 0 Å². The summed E-state index contributed by atoms with van der Waals surface area (Å²) in [5, 5.41) is 17.7. The van der Waals surface area contributed by atoms with Crippen molar-refractivity contribution in [2.45, 2.75) is 19.8 Å². The Morgan fingerprint density at radius 3 is 2.64 bits per heavy atom. The minimum Gasteiger partial charge on any atom is -0.423 e. The molecule has 1 rings (SSSR count). The number of rotatable bonds is 2. The van der Waals surface area contributed by atoms with Gasteiger partial charge < -0.3 is 14.8 Å². The molecule has 0 spiro atoms. The molecule has 0 heterocycles. The first-order valence-corrected chi connectivity index (χ1v) is 3.67. The van der Waals surface area contributed by atoms with Crippen LogP contribution in [0.25, 0.3) is 0 Å². The lowest BCUT2D eigenvalue weighted by Crippen LogP contribution is -2.21. The van der Waals surface area contributed by atoms with Crippen molar-refractivity contribution < 1.29 is 14.8 Å². The van der Waals surface area contributed by atoms with Gasteiger partial charge in [0.05, 0.1) is 0 Å². The van der Waals surface area contributed by atoms with Gasteiger partial charge in [-0.2, -0.15) is 0 Å². The van der Waals surface area contributed by atoms with Crippen LogP contribution in [-0.2, 0) is 4.79 Å². The SMILES string of the molecule is CC1=C(B(O)O)C(C=O)CC1. The number of hydrogen-bond acceptors (Lipinski definition) is 3. The van der Waals surface area contributed by atoms with Gasteiger partial charge in [0.25, 0.3) is 0 Å². The average Bonchev–Trinajstić information content (AvgIpc) is 2.30. The van der Waals surface area contributed by atoms with Crippen molar-refractivity contribution in [1.29, 1.82) is 0 Å². The van der Waals surface area contributed by atoms with Gasteiger partial charge in [-0.3, -0.25) is 0 Å². The Hall–Kier alpha value is -0.605. The van der Waals surface area contributed by atoms with E-state index < -0.39 is 7.12 Å². The Labute approximate surface area is 65.9 Å². The Kier molecular flexibility index (Phi) is 2.47. The van der Waals surface area contributed by atoms with Crippen LogP contribution in [0.15, 0.2) is 11.0 Å². The predicted octanol–water partition coefficient (Wildman–Crippen LogP) is -0.0762. The molecule has 0 aliphatic heterocycles. The van der Waals surface area contributed by atoms with E-state index >= 15 is 0 Å². The lowest BCUT2D eigenvalue weighted by molar-refractivity contribution is -0.110. The second-order valence-corrected chi connectivity index (χ2v) is 2.89. The second kappa shape index (κ2) is 3.20. The molecule has 0 amide bonds. The molecule has 0 aromatic carbocycles. The average molecular weight is 154 g/mol. The highest BCUT2D eigenvalue weighted by molar-refractivity contribution is 6.51. The monoisotopic (exact) mass is 154 g/mol. The number of carbonyl (C=O) groups excluding carboxylic acids is 1. The number of hydrogen-bond donors (Lipinski definition) is 2. The van der Waals surface area contributed by atoms with Gasteiger partial charge in [-0.15, -0.1) is 0 Å². The zero-order valence-electron chi connectivity index (χ0n) is 6.45. The van der Waals surface area contributed by atoms with E-state index in [0.29, 0.717) is 5.47 Å². The Balaban J connectivity index is 2.84. The Morgan fingerprint density at radius 1 is 1.64 bits per heavy atom. The van der Waals surface area contributed by atoms with E-state index in [1.807, 2.05) is 6.92 Å². The van der Waals surface area contributed by atoms with Gasteiger partial charge in [0.1, 0.15) is 6.29 Å². The quantitative estimate of drug-likeness (QED) is 0.432. The first kappa shape index (κ1) is 8.49. The molecule has 1 aliphatic rings. The van der Waals surface area contributed by atoms with E-state index in [4.69, 9.17) is 10.0 Å². The molecule has 60 valence electrons. The number of aldehydes is 1. The van der Waals surface area contributed by atoms with Crippen LogP contribution < -0.4 is 0 Å². The number of carbonyl (C=O) groups is 1. The molecule has 0 aromatic rings. The Bertz CT molecular complexity index is 198. The van der Waals surface area contributed by atoms with Gasteiger partial charge >= 0.3 is 7.12 Å². The third kappa shape index (κ3) is 1.52. The largest absolute Gasteiger partial charge is 0.484 e. The van der Waals surface area contributed by atoms with Crippen LogP contribution in [0.3, 0.4) is 0 Å². The summed E-state index contributed by atoms with van der Waals surface area (Å²) in [6.07, 6.45) is 2.31. The zero-order chi connectivity index (χ0) is 8.43. The summed E-state index contributed by atoms with van der Waals surface area (Å²) >= 11 is 0. The first-order valence-electron chi connectivity index (χ1n) is 3.67. The fraction of sp³-hybridized carbons (Fsp3) is 0.571. The zero-order valence-corrected chi connectivity index (χ0v) is 6.45. The molecule has 0 saturated heterocycles. The predicted molar refractivity (Wildman–Crippen MR) is 41.7 cm³/mol. The Morgan fingerprint density at radius 2 is 2.27 bits per heavy atom.